The van der Waals surface area contributed by atoms with Crippen LogP contribution in [0.15, 0.2) is 40.5 Å². The van der Waals surface area contributed by atoms with E-state index >= 15 is 0 Å². The van der Waals surface area contributed by atoms with Crippen LogP contribution in [0.3, 0.4) is 0 Å². The zero-order chi connectivity index (χ0) is 19.1. The Hall–Kier alpha value is -2.41. The number of esters is 1. The molecule has 1 N–H and O–H groups in total. The molecule has 6 nitrogen and oxygen atoms in total. The molecular weight excluding hydrogens is 352 g/mol. The van der Waals surface area contributed by atoms with E-state index in [9.17, 15) is 14.4 Å². The van der Waals surface area contributed by atoms with E-state index < -0.39 is 12.1 Å². The minimum absolute atomic E-state index is 0.187. The van der Waals surface area contributed by atoms with Crippen molar-refractivity contribution in [3.63, 3.8) is 0 Å². The number of carbonyl (C=O) groups is 2. The predicted octanol–water partition coefficient (Wildman–Crippen LogP) is 2.46. The first kappa shape index (κ1) is 19.9. The fraction of sp³-hybridized carbons (Fsp3) is 0.421. The minimum Gasteiger partial charge on any atom is -0.451 e. The van der Waals surface area contributed by atoms with Gasteiger partial charge in [0.05, 0.1) is 0 Å². The Balaban J connectivity index is 1.85. The number of hydrogen-bond acceptors (Lipinski definition) is 5. The molecule has 2 atom stereocenters. The lowest BCUT2D eigenvalue weighted by atomic mass is 9.96. The third-order valence-electron chi connectivity index (χ3n) is 4.23. The molecule has 7 heteroatoms. The SMILES string of the molecule is CC[C@@H](CNC(=O)[C@H](C)OC(=O)Cn1c(C)csc1=O)c1ccccc1. The van der Waals surface area contributed by atoms with Crippen LogP contribution in [0.25, 0.3) is 0 Å². The first-order valence-corrected chi connectivity index (χ1v) is 9.47. The first-order valence-electron chi connectivity index (χ1n) is 8.59. The van der Waals surface area contributed by atoms with E-state index in [1.165, 1.54) is 11.5 Å². The van der Waals surface area contributed by atoms with Crippen molar-refractivity contribution < 1.29 is 14.3 Å². The van der Waals surface area contributed by atoms with Gasteiger partial charge in [-0.05, 0) is 25.8 Å². The predicted molar refractivity (Wildman–Crippen MR) is 101 cm³/mol. The molecule has 1 heterocycles. The van der Waals surface area contributed by atoms with Crippen LogP contribution in [0.2, 0.25) is 0 Å². The number of nitrogens with one attached hydrogen (secondary N) is 1. The summed E-state index contributed by atoms with van der Waals surface area (Å²) in [6, 6.07) is 9.96. The van der Waals surface area contributed by atoms with Gasteiger partial charge in [0.15, 0.2) is 6.10 Å². The Kier molecular flexibility index (Phi) is 7.15. The third-order valence-corrected chi connectivity index (χ3v) is 5.11. The lowest BCUT2D eigenvalue weighted by molar-refractivity contribution is -0.155. The van der Waals surface area contributed by atoms with Gasteiger partial charge in [0.1, 0.15) is 6.54 Å². The third kappa shape index (κ3) is 5.29. The lowest BCUT2D eigenvalue weighted by Gasteiger charge is -2.18. The van der Waals surface area contributed by atoms with E-state index in [4.69, 9.17) is 4.74 Å². The minimum atomic E-state index is -0.912. The Labute approximate surface area is 156 Å². The molecule has 1 amide bonds. The van der Waals surface area contributed by atoms with Crippen molar-refractivity contribution >= 4 is 23.2 Å². The van der Waals surface area contributed by atoms with Gasteiger partial charge in [-0.3, -0.25) is 19.0 Å². The van der Waals surface area contributed by atoms with E-state index in [2.05, 4.69) is 12.2 Å². The van der Waals surface area contributed by atoms with Crippen LogP contribution in [-0.2, 0) is 20.9 Å². The number of aryl methyl sites for hydroxylation is 1. The van der Waals surface area contributed by atoms with Gasteiger partial charge in [-0.2, -0.15) is 0 Å². The van der Waals surface area contributed by atoms with Crippen LogP contribution >= 0.6 is 11.3 Å². The van der Waals surface area contributed by atoms with Crippen molar-refractivity contribution in [3.8, 4) is 0 Å². The number of rotatable bonds is 8. The second-order valence-electron chi connectivity index (χ2n) is 6.12. The average molecular weight is 376 g/mol. The molecule has 0 aliphatic rings. The highest BCUT2D eigenvalue weighted by atomic mass is 32.1. The van der Waals surface area contributed by atoms with Crippen molar-refractivity contribution in [1.29, 1.82) is 0 Å². The Morgan fingerprint density at radius 2 is 1.96 bits per heavy atom. The van der Waals surface area contributed by atoms with Gasteiger partial charge >= 0.3 is 10.8 Å². The van der Waals surface area contributed by atoms with Gasteiger partial charge in [-0.1, -0.05) is 48.6 Å². The second-order valence-corrected chi connectivity index (χ2v) is 6.94. The normalized spacial score (nSPS) is 13.0. The lowest BCUT2D eigenvalue weighted by Crippen LogP contribution is -2.38. The van der Waals surface area contributed by atoms with Gasteiger partial charge in [-0.25, -0.2) is 0 Å². The summed E-state index contributed by atoms with van der Waals surface area (Å²) in [6.07, 6.45) is -0.0239. The fourth-order valence-electron chi connectivity index (χ4n) is 2.60. The summed E-state index contributed by atoms with van der Waals surface area (Å²) < 4.78 is 6.49. The van der Waals surface area contributed by atoms with Gasteiger partial charge in [-0.15, -0.1) is 0 Å². The number of hydrogen-bond donors (Lipinski definition) is 1. The Morgan fingerprint density at radius 1 is 1.27 bits per heavy atom. The van der Waals surface area contributed by atoms with Crippen LogP contribution in [-0.4, -0.2) is 29.1 Å². The topological polar surface area (TPSA) is 77.4 Å². The summed E-state index contributed by atoms with van der Waals surface area (Å²) in [6.45, 7) is 5.63. The molecule has 0 spiro atoms. The molecule has 1 aromatic carbocycles. The van der Waals surface area contributed by atoms with E-state index in [1.807, 2.05) is 30.3 Å². The Morgan fingerprint density at radius 3 is 2.54 bits per heavy atom. The smallest absolute Gasteiger partial charge is 0.326 e. The molecule has 140 valence electrons. The molecule has 0 aliphatic carbocycles. The molecular formula is C19H24N2O4S. The van der Waals surface area contributed by atoms with Gasteiger partial charge in [0.25, 0.3) is 5.91 Å². The maximum Gasteiger partial charge on any atom is 0.326 e. The maximum atomic E-state index is 12.2. The Bertz CT molecular complexity index is 797. The molecule has 2 rings (SSSR count). The number of aromatic nitrogens is 1. The zero-order valence-electron chi connectivity index (χ0n) is 15.2. The maximum absolute atomic E-state index is 12.2. The summed E-state index contributed by atoms with van der Waals surface area (Å²) in [4.78, 5) is 35.6. The number of benzene rings is 1. The van der Waals surface area contributed by atoms with Gasteiger partial charge < -0.3 is 10.1 Å². The van der Waals surface area contributed by atoms with E-state index in [-0.39, 0.29) is 23.2 Å². The first-order chi connectivity index (χ1) is 12.4. The number of ether oxygens (including phenoxy) is 1. The molecule has 0 aliphatic heterocycles. The highest BCUT2D eigenvalue weighted by molar-refractivity contribution is 7.07. The molecule has 0 bridgehead atoms. The van der Waals surface area contributed by atoms with Crippen LogP contribution in [0.4, 0.5) is 0 Å². The van der Waals surface area contributed by atoms with E-state index in [0.29, 0.717) is 12.2 Å². The van der Waals surface area contributed by atoms with Crippen LogP contribution in [0, 0.1) is 6.92 Å². The number of carbonyl (C=O) groups excluding carboxylic acids is 2. The summed E-state index contributed by atoms with van der Waals surface area (Å²) in [5.41, 5.74) is 1.86. The highest BCUT2D eigenvalue weighted by Crippen LogP contribution is 2.18. The summed E-state index contributed by atoms with van der Waals surface area (Å²) in [5, 5.41) is 4.52. The van der Waals surface area contributed by atoms with Gasteiger partial charge in [0.2, 0.25) is 0 Å². The van der Waals surface area contributed by atoms with Crippen LogP contribution < -0.4 is 10.2 Å². The van der Waals surface area contributed by atoms with Crippen molar-refractivity contribution in [3.05, 3.63) is 56.6 Å². The van der Waals surface area contributed by atoms with Crippen LogP contribution in [0.1, 0.15) is 37.4 Å². The molecule has 0 fully saturated rings. The molecule has 0 radical (unpaired) electrons. The molecule has 0 saturated heterocycles. The van der Waals surface area contributed by atoms with Crippen molar-refractivity contribution in [2.24, 2.45) is 0 Å². The molecule has 0 saturated carbocycles. The van der Waals surface area contributed by atoms with E-state index in [0.717, 1.165) is 23.3 Å². The number of amides is 1. The van der Waals surface area contributed by atoms with Crippen LogP contribution in [0.5, 0.6) is 0 Å². The molecule has 2 aromatic rings. The quantitative estimate of drug-likeness (QED) is 0.718. The number of thiazole rings is 1. The molecule has 1 aromatic heterocycles. The highest BCUT2D eigenvalue weighted by Gasteiger charge is 2.20. The largest absolute Gasteiger partial charge is 0.451 e. The second kappa shape index (κ2) is 9.33. The van der Waals surface area contributed by atoms with Crippen molar-refractivity contribution in [2.45, 2.75) is 45.8 Å². The summed E-state index contributed by atoms with van der Waals surface area (Å²) in [7, 11) is 0. The molecule has 26 heavy (non-hydrogen) atoms. The standard InChI is InChI=1S/C19H24N2O4S/c1-4-15(16-8-6-5-7-9-16)10-20-18(23)14(3)25-17(22)11-21-13(2)12-26-19(21)24/h5-9,12,14-15H,4,10-11H2,1-3H3,(H,20,23)/t14-,15-/m0/s1. The summed E-state index contributed by atoms with van der Waals surface area (Å²) >= 11 is 1.03. The zero-order valence-corrected chi connectivity index (χ0v) is 16.0. The monoisotopic (exact) mass is 376 g/mol. The van der Waals surface area contributed by atoms with Gasteiger partial charge in [0, 0.05) is 23.5 Å². The van der Waals surface area contributed by atoms with Crippen molar-refractivity contribution in [1.82, 2.24) is 9.88 Å². The van der Waals surface area contributed by atoms with E-state index in [1.54, 1.807) is 12.3 Å². The molecule has 0 unspecified atom stereocenters. The number of nitrogens with zero attached hydrogens (tertiary/aromatic N) is 1. The average Bonchev–Trinajstić information content (AvgIpc) is 2.94. The fourth-order valence-corrected chi connectivity index (χ4v) is 3.34. The summed E-state index contributed by atoms with van der Waals surface area (Å²) in [5.74, 6) is -0.747. The van der Waals surface area contributed by atoms with Crippen molar-refractivity contribution in [2.75, 3.05) is 6.54 Å².